The van der Waals surface area contributed by atoms with E-state index in [0.29, 0.717) is 11.1 Å². The van der Waals surface area contributed by atoms with Crippen LogP contribution in [0.3, 0.4) is 0 Å². The molecule has 0 amide bonds. The standard InChI is InChI=1S/C14H16N2O2S/c1-4-8-16(9-5-2)19(17,18)14-7-6-13(11-15)12(3)10-14/h4-7,10H,1-2,8-9H2,3H3. The summed E-state index contributed by atoms with van der Waals surface area (Å²) in [4.78, 5) is 0.174. The second-order valence-corrected chi connectivity index (χ2v) is 5.93. The summed E-state index contributed by atoms with van der Waals surface area (Å²) in [7, 11) is -3.59. The second kappa shape index (κ2) is 6.32. The highest BCUT2D eigenvalue weighted by Crippen LogP contribution is 2.19. The van der Waals surface area contributed by atoms with Gasteiger partial charge in [-0.15, -0.1) is 13.2 Å². The fraction of sp³-hybridized carbons (Fsp3) is 0.214. The van der Waals surface area contributed by atoms with Gasteiger partial charge in [-0.3, -0.25) is 0 Å². The van der Waals surface area contributed by atoms with E-state index in [0.717, 1.165) is 0 Å². The van der Waals surface area contributed by atoms with Crippen molar-refractivity contribution in [3.63, 3.8) is 0 Å². The van der Waals surface area contributed by atoms with Gasteiger partial charge in [-0.2, -0.15) is 9.57 Å². The zero-order valence-corrected chi connectivity index (χ0v) is 11.7. The SMILES string of the molecule is C=CCN(CC=C)S(=O)(=O)c1ccc(C#N)c(C)c1. The van der Waals surface area contributed by atoms with Crippen LogP contribution in [0.5, 0.6) is 0 Å². The highest BCUT2D eigenvalue weighted by molar-refractivity contribution is 7.89. The van der Waals surface area contributed by atoms with Gasteiger partial charge in [-0.25, -0.2) is 8.42 Å². The van der Waals surface area contributed by atoms with Crippen molar-refractivity contribution >= 4 is 10.0 Å². The molecule has 0 aromatic heterocycles. The number of rotatable bonds is 6. The van der Waals surface area contributed by atoms with Gasteiger partial charge in [0.1, 0.15) is 0 Å². The lowest BCUT2D eigenvalue weighted by molar-refractivity contribution is 0.474. The monoisotopic (exact) mass is 276 g/mol. The van der Waals surface area contributed by atoms with Gasteiger partial charge in [0.15, 0.2) is 0 Å². The molecule has 4 nitrogen and oxygen atoms in total. The first kappa shape index (κ1) is 15.2. The van der Waals surface area contributed by atoms with E-state index in [4.69, 9.17) is 5.26 Å². The Morgan fingerprint density at radius 3 is 2.32 bits per heavy atom. The normalized spacial score (nSPS) is 11.0. The predicted octanol–water partition coefficient (Wildman–Crippen LogP) is 2.23. The van der Waals surface area contributed by atoms with Gasteiger partial charge in [0.2, 0.25) is 10.0 Å². The van der Waals surface area contributed by atoms with Crippen molar-refractivity contribution in [1.82, 2.24) is 4.31 Å². The van der Waals surface area contributed by atoms with Crippen LogP contribution in [0.1, 0.15) is 11.1 Å². The van der Waals surface area contributed by atoms with Crippen LogP contribution < -0.4 is 0 Å². The van der Waals surface area contributed by atoms with Crippen LogP contribution in [0.4, 0.5) is 0 Å². The Bertz CT molecular complexity index is 617. The number of aryl methyl sites for hydroxylation is 1. The number of benzene rings is 1. The molecule has 1 aromatic carbocycles. The molecule has 0 radical (unpaired) electrons. The lowest BCUT2D eigenvalue weighted by Crippen LogP contribution is -2.31. The molecule has 100 valence electrons. The van der Waals surface area contributed by atoms with Crippen molar-refractivity contribution in [2.24, 2.45) is 0 Å². The summed E-state index contributed by atoms with van der Waals surface area (Å²) >= 11 is 0. The lowest BCUT2D eigenvalue weighted by atomic mass is 10.1. The number of nitrogens with zero attached hydrogens (tertiary/aromatic N) is 2. The van der Waals surface area contributed by atoms with E-state index in [1.54, 1.807) is 6.92 Å². The summed E-state index contributed by atoms with van der Waals surface area (Å²) < 4.78 is 26.1. The summed E-state index contributed by atoms with van der Waals surface area (Å²) in [6, 6.07) is 6.48. The molecular formula is C14H16N2O2S. The lowest BCUT2D eigenvalue weighted by Gasteiger charge is -2.19. The largest absolute Gasteiger partial charge is 0.243 e. The number of hydrogen-bond acceptors (Lipinski definition) is 3. The Labute approximate surface area is 114 Å². The first-order chi connectivity index (χ1) is 8.97. The van der Waals surface area contributed by atoms with Gasteiger partial charge in [0.25, 0.3) is 0 Å². The summed E-state index contributed by atoms with van der Waals surface area (Å²) in [6.45, 7) is 9.25. The molecule has 1 aromatic rings. The third kappa shape index (κ3) is 3.31. The Kier molecular flexibility index (Phi) is 5.04. The van der Waals surface area contributed by atoms with Crippen LogP contribution in [0.15, 0.2) is 48.4 Å². The molecule has 0 saturated heterocycles. The molecule has 0 bridgehead atoms. The van der Waals surface area contributed by atoms with Gasteiger partial charge in [-0.1, -0.05) is 12.2 Å². The summed E-state index contributed by atoms with van der Waals surface area (Å²) in [6.07, 6.45) is 3.05. The minimum absolute atomic E-state index is 0.174. The maximum Gasteiger partial charge on any atom is 0.243 e. The van der Waals surface area contributed by atoms with E-state index in [9.17, 15) is 8.42 Å². The maximum atomic E-state index is 12.4. The van der Waals surface area contributed by atoms with Crippen molar-refractivity contribution in [2.45, 2.75) is 11.8 Å². The topological polar surface area (TPSA) is 61.2 Å². The van der Waals surface area contributed by atoms with Crippen molar-refractivity contribution < 1.29 is 8.42 Å². The molecule has 1 rings (SSSR count). The van der Waals surface area contributed by atoms with Crippen LogP contribution in [-0.2, 0) is 10.0 Å². The van der Waals surface area contributed by atoms with Crippen LogP contribution in [0.25, 0.3) is 0 Å². The first-order valence-electron chi connectivity index (χ1n) is 5.70. The zero-order chi connectivity index (χ0) is 14.5. The average Bonchev–Trinajstić information content (AvgIpc) is 2.38. The van der Waals surface area contributed by atoms with Gasteiger partial charge in [-0.05, 0) is 30.7 Å². The van der Waals surface area contributed by atoms with Crippen LogP contribution in [-0.4, -0.2) is 25.8 Å². The van der Waals surface area contributed by atoms with Crippen molar-refractivity contribution in [1.29, 1.82) is 5.26 Å². The summed E-state index contributed by atoms with van der Waals surface area (Å²) in [5.41, 5.74) is 1.11. The molecule has 0 heterocycles. The van der Waals surface area contributed by atoms with Gasteiger partial charge in [0, 0.05) is 13.1 Å². The number of hydrogen-bond donors (Lipinski definition) is 0. The quantitative estimate of drug-likeness (QED) is 0.748. The molecule has 0 N–H and O–H groups in total. The van der Waals surface area contributed by atoms with Crippen LogP contribution in [0, 0.1) is 18.3 Å². The van der Waals surface area contributed by atoms with Crippen molar-refractivity contribution in [2.75, 3.05) is 13.1 Å². The van der Waals surface area contributed by atoms with E-state index in [-0.39, 0.29) is 18.0 Å². The zero-order valence-electron chi connectivity index (χ0n) is 10.8. The Morgan fingerprint density at radius 1 is 1.32 bits per heavy atom. The fourth-order valence-electron chi connectivity index (χ4n) is 1.63. The van der Waals surface area contributed by atoms with E-state index >= 15 is 0 Å². The number of nitriles is 1. The first-order valence-corrected chi connectivity index (χ1v) is 7.14. The van der Waals surface area contributed by atoms with E-state index in [2.05, 4.69) is 13.2 Å². The fourth-order valence-corrected chi connectivity index (χ4v) is 3.10. The smallest absolute Gasteiger partial charge is 0.207 e. The molecule has 0 aliphatic carbocycles. The molecule has 0 aliphatic heterocycles. The highest BCUT2D eigenvalue weighted by atomic mass is 32.2. The minimum atomic E-state index is -3.59. The Hall–Kier alpha value is -1.90. The van der Waals surface area contributed by atoms with Crippen LogP contribution >= 0.6 is 0 Å². The third-order valence-electron chi connectivity index (χ3n) is 2.62. The number of sulfonamides is 1. The van der Waals surface area contributed by atoms with Crippen molar-refractivity contribution in [3.8, 4) is 6.07 Å². The minimum Gasteiger partial charge on any atom is -0.207 e. The molecule has 0 spiro atoms. The van der Waals surface area contributed by atoms with E-state index in [1.807, 2.05) is 6.07 Å². The van der Waals surface area contributed by atoms with Gasteiger partial charge >= 0.3 is 0 Å². The molecule has 19 heavy (non-hydrogen) atoms. The maximum absolute atomic E-state index is 12.4. The van der Waals surface area contributed by atoms with Crippen molar-refractivity contribution in [3.05, 3.63) is 54.6 Å². The average molecular weight is 276 g/mol. The third-order valence-corrected chi connectivity index (χ3v) is 4.45. The molecule has 5 heteroatoms. The molecule has 0 unspecified atom stereocenters. The van der Waals surface area contributed by atoms with E-state index < -0.39 is 10.0 Å². The van der Waals surface area contributed by atoms with Gasteiger partial charge < -0.3 is 0 Å². The molecule has 0 atom stereocenters. The molecular weight excluding hydrogens is 260 g/mol. The van der Waals surface area contributed by atoms with E-state index in [1.165, 1.54) is 34.7 Å². The second-order valence-electron chi connectivity index (χ2n) is 3.99. The Morgan fingerprint density at radius 2 is 1.89 bits per heavy atom. The summed E-state index contributed by atoms with van der Waals surface area (Å²) in [5.74, 6) is 0. The predicted molar refractivity (Wildman–Crippen MR) is 75.0 cm³/mol. The molecule has 0 aliphatic rings. The molecule has 0 fully saturated rings. The van der Waals surface area contributed by atoms with Gasteiger partial charge in [0.05, 0.1) is 16.5 Å². The Balaban J connectivity index is 3.25. The molecule has 0 saturated carbocycles. The van der Waals surface area contributed by atoms with Crippen LogP contribution in [0.2, 0.25) is 0 Å². The highest BCUT2D eigenvalue weighted by Gasteiger charge is 2.22. The summed E-state index contributed by atoms with van der Waals surface area (Å²) in [5, 5.41) is 8.85.